The van der Waals surface area contributed by atoms with E-state index in [1.165, 1.54) is 25.7 Å². The number of carbonyl (C=O) groups excluding carboxylic acids is 1. The lowest BCUT2D eigenvalue weighted by Gasteiger charge is -2.36. The van der Waals surface area contributed by atoms with E-state index in [0.29, 0.717) is 12.0 Å². The van der Waals surface area contributed by atoms with Gasteiger partial charge in [0.2, 0.25) is 5.91 Å². The van der Waals surface area contributed by atoms with Crippen molar-refractivity contribution in [1.82, 2.24) is 9.80 Å². The van der Waals surface area contributed by atoms with Gasteiger partial charge in [-0.05, 0) is 44.7 Å². The van der Waals surface area contributed by atoms with Gasteiger partial charge in [0.15, 0.2) is 0 Å². The smallest absolute Gasteiger partial charge is 0.227 e. The fourth-order valence-electron chi connectivity index (χ4n) is 3.47. The minimum absolute atomic E-state index is 0.254. The van der Waals surface area contributed by atoms with E-state index in [2.05, 4.69) is 4.90 Å². The molecule has 1 atom stereocenters. The molecule has 0 aromatic carbocycles. The minimum Gasteiger partial charge on any atom is -0.377 e. The van der Waals surface area contributed by atoms with Gasteiger partial charge in [-0.3, -0.25) is 4.79 Å². The molecule has 1 unspecified atom stereocenters. The Morgan fingerprint density at radius 2 is 1.90 bits per heavy atom. The number of rotatable bonds is 4. The Bertz CT molecular complexity index is 337. The maximum absolute atomic E-state index is 12.2. The molecule has 0 aromatic heterocycles. The van der Waals surface area contributed by atoms with Crippen LogP contribution in [0.4, 0.5) is 0 Å². The molecule has 2 saturated heterocycles. The van der Waals surface area contributed by atoms with Crippen LogP contribution in [-0.2, 0) is 9.53 Å². The van der Waals surface area contributed by atoms with Gasteiger partial charge >= 0.3 is 0 Å². The van der Waals surface area contributed by atoms with Crippen molar-refractivity contribution in [3.63, 3.8) is 0 Å². The molecular formula is C17H32N2O2. The summed E-state index contributed by atoms with van der Waals surface area (Å²) in [6, 6.07) is 0. The number of amides is 1. The molecule has 2 aliphatic heterocycles. The highest BCUT2D eigenvalue weighted by Gasteiger charge is 2.28. The minimum atomic E-state index is -0.269. The fraction of sp³-hybridized carbons (Fsp3) is 0.941. The quantitative estimate of drug-likeness (QED) is 0.798. The van der Waals surface area contributed by atoms with E-state index in [1.54, 1.807) is 0 Å². The molecule has 4 nitrogen and oxygen atoms in total. The molecule has 2 aliphatic rings. The molecule has 0 aliphatic carbocycles. The van der Waals surface area contributed by atoms with Gasteiger partial charge in [0.25, 0.3) is 0 Å². The third kappa shape index (κ3) is 4.96. The Morgan fingerprint density at radius 3 is 2.43 bits per heavy atom. The molecule has 4 heteroatoms. The zero-order valence-electron chi connectivity index (χ0n) is 14.2. The first-order chi connectivity index (χ1) is 9.86. The largest absolute Gasteiger partial charge is 0.377 e. The predicted molar refractivity (Wildman–Crippen MR) is 85.2 cm³/mol. The van der Waals surface area contributed by atoms with E-state index in [1.807, 2.05) is 32.7 Å². The third-order valence-electron chi connectivity index (χ3n) is 4.71. The Kier molecular flexibility index (Phi) is 5.67. The van der Waals surface area contributed by atoms with E-state index in [0.717, 1.165) is 32.8 Å². The van der Waals surface area contributed by atoms with Gasteiger partial charge in [-0.25, -0.2) is 0 Å². The zero-order chi connectivity index (χ0) is 15.5. The van der Waals surface area contributed by atoms with Crippen LogP contribution in [0.5, 0.6) is 0 Å². The monoisotopic (exact) mass is 296 g/mol. The first kappa shape index (κ1) is 16.8. The van der Waals surface area contributed by atoms with E-state index in [9.17, 15) is 4.79 Å². The van der Waals surface area contributed by atoms with Crippen molar-refractivity contribution in [3.8, 4) is 0 Å². The molecule has 2 heterocycles. The molecule has 0 spiro atoms. The van der Waals surface area contributed by atoms with Crippen LogP contribution in [-0.4, -0.2) is 61.6 Å². The summed E-state index contributed by atoms with van der Waals surface area (Å²) in [5.41, 5.74) is -0.269. The Hall–Kier alpha value is -0.610. The van der Waals surface area contributed by atoms with Crippen molar-refractivity contribution in [2.24, 2.45) is 11.3 Å². The van der Waals surface area contributed by atoms with Crippen molar-refractivity contribution in [2.45, 2.75) is 52.6 Å². The summed E-state index contributed by atoms with van der Waals surface area (Å²) >= 11 is 0. The van der Waals surface area contributed by atoms with Gasteiger partial charge in [0.05, 0.1) is 6.10 Å². The van der Waals surface area contributed by atoms with Crippen LogP contribution >= 0.6 is 0 Å². The number of carbonyl (C=O) groups is 1. The third-order valence-corrected chi connectivity index (χ3v) is 4.71. The van der Waals surface area contributed by atoms with Crippen LogP contribution in [0.2, 0.25) is 0 Å². The van der Waals surface area contributed by atoms with Crippen molar-refractivity contribution in [1.29, 1.82) is 0 Å². The maximum Gasteiger partial charge on any atom is 0.227 e. The number of piperidine rings is 1. The van der Waals surface area contributed by atoms with Crippen LogP contribution in [0.15, 0.2) is 0 Å². The summed E-state index contributed by atoms with van der Waals surface area (Å²) < 4.78 is 5.72. The molecule has 0 radical (unpaired) electrons. The van der Waals surface area contributed by atoms with Crippen molar-refractivity contribution < 1.29 is 9.53 Å². The second-order valence-corrected chi connectivity index (χ2v) is 7.81. The average Bonchev–Trinajstić information content (AvgIpc) is 2.92. The van der Waals surface area contributed by atoms with E-state index in [-0.39, 0.29) is 11.3 Å². The summed E-state index contributed by atoms with van der Waals surface area (Å²) in [7, 11) is 1.95. The molecule has 0 aromatic rings. The van der Waals surface area contributed by atoms with Gasteiger partial charge in [-0.15, -0.1) is 0 Å². The van der Waals surface area contributed by atoms with Crippen molar-refractivity contribution in [3.05, 3.63) is 0 Å². The van der Waals surface area contributed by atoms with Gasteiger partial charge in [0, 0.05) is 32.2 Å². The second-order valence-electron chi connectivity index (χ2n) is 7.81. The van der Waals surface area contributed by atoms with E-state index < -0.39 is 0 Å². The number of hydrogen-bond acceptors (Lipinski definition) is 3. The summed E-state index contributed by atoms with van der Waals surface area (Å²) in [4.78, 5) is 16.7. The molecular weight excluding hydrogens is 264 g/mol. The molecule has 0 saturated carbocycles. The van der Waals surface area contributed by atoms with Crippen LogP contribution in [0.25, 0.3) is 0 Å². The number of likely N-dealkylation sites (tertiary alicyclic amines) is 1. The average molecular weight is 296 g/mol. The van der Waals surface area contributed by atoms with Crippen molar-refractivity contribution >= 4 is 5.91 Å². The number of hydrogen-bond donors (Lipinski definition) is 0. The molecule has 21 heavy (non-hydrogen) atoms. The number of ether oxygens (including phenoxy) is 1. The van der Waals surface area contributed by atoms with Crippen molar-refractivity contribution in [2.75, 3.05) is 39.8 Å². The standard InChI is InChI=1S/C17H32N2O2/c1-17(2,3)16(20)18(4)12-14-7-9-19(10-8-14)13-15-6-5-11-21-15/h14-15H,5-13H2,1-4H3. The van der Waals surface area contributed by atoms with Gasteiger partial charge in [-0.1, -0.05) is 20.8 Å². The Labute approximate surface area is 129 Å². The normalized spacial score (nSPS) is 25.2. The van der Waals surface area contributed by atoms with Gasteiger partial charge in [-0.2, -0.15) is 0 Å². The van der Waals surface area contributed by atoms with Crippen LogP contribution in [0.3, 0.4) is 0 Å². The highest BCUT2D eigenvalue weighted by Crippen LogP contribution is 2.23. The fourth-order valence-corrected chi connectivity index (χ4v) is 3.47. The molecule has 122 valence electrons. The lowest BCUT2D eigenvalue weighted by atomic mass is 9.92. The summed E-state index contributed by atoms with van der Waals surface area (Å²) in [6.45, 7) is 11.3. The van der Waals surface area contributed by atoms with Crippen LogP contribution in [0, 0.1) is 11.3 Å². The topological polar surface area (TPSA) is 32.8 Å². The lowest BCUT2D eigenvalue weighted by Crippen LogP contribution is -2.44. The van der Waals surface area contributed by atoms with Crippen LogP contribution in [0.1, 0.15) is 46.5 Å². The molecule has 0 bridgehead atoms. The molecule has 2 fully saturated rings. The summed E-state index contributed by atoms with van der Waals surface area (Å²) in [5, 5.41) is 0. The molecule has 2 rings (SSSR count). The zero-order valence-corrected chi connectivity index (χ0v) is 14.2. The maximum atomic E-state index is 12.2. The molecule has 0 N–H and O–H groups in total. The number of nitrogens with zero attached hydrogens (tertiary/aromatic N) is 2. The first-order valence-electron chi connectivity index (χ1n) is 8.46. The lowest BCUT2D eigenvalue weighted by molar-refractivity contribution is -0.138. The SMILES string of the molecule is CN(CC1CCN(CC2CCCO2)CC1)C(=O)C(C)(C)C. The highest BCUT2D eigenvalue weighted by molar-refractivity contribution is 5.81. The first-order valence-corrected chi connectivity index (χ1v) is 8.46. The summed E-state index contributed by atoms with van der Waals surface area (Å²) in [5.74, 6) is 0.909. The second kappa shape index (κ2) is 7.10. The van der Waals surface area contributed by atoms with Gasteiger partial charge in [0.1, 0.15) is 0 Å². The van der Waals surface area contributed by atoms with Crippen LogP contribution < -0.4 is 0 Å². The summed E-state index contributed by atoms with van der Waals surface area (Å²) in [6.07, 6.45) is 5.32. The van der Waals surface area contributed by atoms with E-state index >= 15 is 0 Å². The molecule has 1 amide bonds. The Morgan fingerprint density at radius 1 is 1.24 bits per heavy atom. The van der Waals surface area contributed by atoms with E-state index in [4.69, 9.17) is 4.74 Å². The predicted octanol–water partition coefficient (Wildman–Crippen LogP) is 2.38. The van der Waals surface area contributed by atoms with Gasteiger partial charge < -0.3 is 14.5 Å². The highest BCUT2D eigenvalue weighted by atomic mass is 16.5. The Balaban J connectivity index is 1.70.